The Kier molecular flexibility index (Phi) is 3.68. The summed E-state index contributed by atoms with van der Waals surface area (Å²) in [6.07, 6.45) is 1.64. The third kappa shape index (κ3) is 3.14. The maximum Gasteiger partial charge on any atom is 0.169 e. The number of rotatable bonds is 5. The SMILES string of the molecule is COCc1nc(N)cc(NCc2ncn(C)n2)n1. The third-order valence-corrected chi connectivity index (χ3v) is 2.14. The van der Waals surface area contributed by atoms with Gasteiger partial charge in [0.2, 0.25) is 0 Å². The first-order valence-electron chi connectivity index (χ1n) is 5.38. The number of anilines is 2. The van der Waals surface area contributed by atoms with Crippen molar-refractivity contribution in [3.8, 4) is 0 Å². The molecule has 0 aromatic carbocycles. The minimum Gasteiger partial charge on any atom is -0.384 e. The fourth-order valence-electron chi connectivity index (χ4n) is 1.44. The zero-order chi connectivity index (χ0) is 13.0. The minimum absolute atomic E-state index is 0.321. The Labute approximate surface area is 104 Å². The van der Waals surface area contributed by atoms with Crippen molar-refractivity contribution in [2.24, 2.45) is 7.05 Å². The van der Waals surface area contributed by atoms with E-state index in [1.165, 1.54) is 0 Å². The van der Waals surface area contributed by atoms with E-state index in [-0.39, 0.29) is 0 Å². The summed E-state index contributed by atoms with van der Waals surface area (Å²) in [7, 11) is 3.40. The quantitative estimate of drug-likeness (QED) is 0.765. The van der Waals surface area contributed by atoms with Crippen molar-refractivity contribution in [3.05, 3.63) is 24.0 Å². The van der Waals surface area contributed by atoms with Crippen LogP contribution in [-0.4, -0.2) is 31.8 Å². The summed E-state index contributed by atoms with van der Waals surface area (Å²) < 4.78 is 6.61. The minimum atomic E-state index is 0.321. The third-order valence-electron chi connectivity index (χ3n) is 2.14. The molecule has 0 radical (unpaired) electrons. The van der Waals surface area contributed by atoms with Gasteiger partial charge in [-0.25, -0.2) is 15.0 Å². The molecule has 3 N–H and O–H groups in total. The molecule has 0 saturated heterocycles. The van der Waals surface area contributed by atoms with Crippen LogP contribution in [0.25, 0.3) is 0 Å². The van der Waals surface area contributed by atoms with Crippen molar-refractivity contribution in [1.82, 2.24) is 24.7 Å². The van der Waals surface area contributed by atoms with Gasteiger partial charge < -0.3 is 15.8 Å². The smallest absolute Gasteiger partial charge is 0.169 e. The summed E-state index contributed by atoms with van der Waals surface area (Å²) >= 11 is 0. The van der Waals surface area contributed by atoms with Crippen molar-refractivity contribution >= 4 is 11.6 Å². The molecule has 2 aromatic rings. The maximum atomic E-state index is 5.68. The highest BCUT2D eigenvalue weighted by Gasteiger charge is 2.04. The second-order valence-corrected chi connectivity index (χ2v) is 3.72. The molecule has 8 heteroatoms. The number of nitrogens with zero attached hydrogens (tertiary/aromatic N) is 5. The predicted octanol–water partition coefficient (Wildman–Crippen LogP) is -0.0542. The summed E-state index contributed by atoms with van der Waals surface area (Å²) in [5.74, 6) is 2.24. The Morgan fingerprint density at radius 1 is 1.39 bits per heavy atom. The van der Waals surface area contributed by atoms with Crippen LogP contribution >= 0.6 is 0 Å². The topological polar surface area (TPSA) is 104 Å². The van der Waals surface area contributed by atoms with Gasteiger partial charge in [0.05, 0.1) is 6.54 Å². The van der Waals surface area contributed by atoms with Crippen LogP contribution in [0.1, 0.15) is 11.6 Å². The van der Waals surface area contributed by atoms with Crippen molar-refractivity contribution in [1.29, 1.82) is 0 Å². The van der Waals surface area contributed by atoms with Crippen LogP contribution < -0.4 is 11.1 Å². The van der Waals surface area contributed by atoms with Gasteiger partial charge >= 0.3 is 0 Å². The van der Waals surface area contributed by atoms with Crippen LogP contribution in [-0.2, 0) is 24.9 Å². The second kappa shape index (κ2) is 5.41. The van der Waals surface area contributed by atoms with E-state index in [0.29, 0.717) is 36.4 Å². The number of hydrogen-bond acceptors (Lipinski definition) is 7. The maximum absolute atomic E-state index is 5.68. The molecule has 0 spiro atoms. The summed E-state index contributed by atoms with van der Waals surface area (Å²) in [5.41, 5.74) is 5.68. The summed E-state index contributed by atoms with van der Waals surface area (Å²) in [6.45, 7) is 0.797. The lowest BCUT2D eigenvalue weighted by atomic mass is 10.4. The number of aryl methyl sites for hydroxylation is 1. The number of hydrogen-bond donors (Lipinski definition) is 2. The summed E-state index contributed by atoms with van der Waals surface area (Å²) in [4.78, 5) is 12.4. The molecule has 2 rings (SSSR count). The van der Waals surface area contributed by atoms with E-state index in [0.717, 1.165) is 0 Å². The largest absolute Gasteiger partial charge is 0.384 e. The van der Waals surface area contributed by atoms with E-state index in [2.05, 4.69) is 25.4 Å². The standard InChI is InChI=1S/C10H15N7O/c1-17-6-13-9(16-17)4-12-8-3-7(11)14-10(15-8)5-18-2/h3,6H,4-5H2,1-2H3,(H3,11,12,14,15). The number of nitrogens with one attached hydrogen (secondary N) is 1. The molecule has 18 heavy (non-hydrogen) atoms. The molecule has 0 atom stereocenters. The van der Waals surface area contributed by atoms with E-state index in [1.807, 2.05) is 7.05 Å². The highest BCUT2D eigenvalue weighted by atomic mass is 16.5. The molecule has 2 heterocycles. The molecule has 2 aromatic heterocycles. The van der Waals surface area contributed by atoms with Gasteiger partial charge in [-0.3, -0.25) is 4.68 Å². The molecule has 8 nitrogen and oxygen atoms in total. The number of aromatic nitrogens is 5. The van der Waals surface area contributed by atoms with Gasteiger partial charge in [0.15, 0.2) is 11.6 Å². The van der Waals surface area contributed by atoms with Crippen LogP contribution in [0, 0.1) is 0 Å². The number of ether oxygens (including phenoxy) is 1. The highest BCUT2D eigenvalue weighted by molar-refractivity contribution is 5.44. The van der Waals surface area contributed by atoms with Gasteiger partial charge in [0.1, 0.15) is 24.6 Å². The van der Waals surface area contributed by atoms with E-state index in [4.69, 9.17) is 10.5 Å². The van der Waals surface area contributed by atoms with Crippen molar-refractivity contribution in [2.75, 3.05) is 18.2 Å². The molecule has 0 amide bonds. The first kappa shape index (κ1) is 12.2. The molecule has 0 aliphatic carbocycles. The van der Waals surface area contributed by atoms with Gasteiger partial charge in [-0.05, 0) is 0 Å². The van der Waals surface area contributed by atoms with E-state index < -0.39 is 0 Å². The van der Waals surface area contributed by atoms with Crippen LogP contribution in [0.3, 0.4) is 0 Å². The lowest BCUT2D eigenvalue weighted by Gasteiger charge is -2.06. The average Bonchev–Trinajstić information content (AvgIpc) is 2.72. The van der Waals surface area contributed by atoms with Gasteiger partial charge in [-0.2, -0.15) is 5.10 Å². The van der Waals surface area contributed by atoms with Crippen LogP contribution in [0.2, 0.25) is 0 Å². The van der Waals surface area contributed by atoms with Crippen molar-refractivity contribution in [3.63, 3.8) is 0 Å². The predicted molar refractivity (Wildman–Crippen MR) is 65.5 cm³/mol. The molecule has 0 fully saturated rings. The van der Waals surface area contributed by atoms with Crippen LogP contribution in [0.5, 0.6) is 0 Å². The molecule has 0 saturated carbocycles. The molecule has 0 bridgehead atoms. The van der Waals surface area contributed by atoms with Crippen LogP contribution in [0.4, 0.5) is 11.6 Å². The monoisotopic (exact) mass is 249 g/mol. The summed E-state index contributed by atoms with van der Waals surface area (Å²) in [5, 5.41) is 7.24. The fraction of sp³-hybridized carbons (Fsp3) is 0.400. The van der Waals surface area contributed by atoms with E-state index >= 15 is 0 Å². The normalized spacial score (nSPS) is 10.6. The lowest BCUT2D eigenvalue weighted by molar-refractivity contribution is 0.178. The first-order valence-corrected chi connectivity index (χ1v) is 5.38. The van der Waals surface area contributed by atoms with Gasteiger partial charge in [0.25, 0.3) is 0 Å². The van der Waals surface area contributed by atoms with E-state index in [9.17, 15) is 0 Å². The van der Waals surface area contributed by atoms with E-state index in [1.54, 1.807) is 24.2 Å². The lowest BCUT2D eigenvalue weighted by Crippen LogP contribution is -2.08. The zero-order valence-corrected chi connectivity index (χ0v) is 10.3. The molecule has 0 unspecified atom stereocenters. The fourth-order valence-corrected chi connectivity index (χ4v) is 1.44. The summed E-state index contributed by atoms with van der Waals surface area (Å²) in [6, 6.07) is 1.65. The highest BCUT2D eigenvalue weighted by Crippen LogP contribution is 2.09. The Morgan fingerprint density at radius 2 is 2.22 bits per heavy atom. The second-order valence-electron chi connectivity index (χ2n) is 3.72. The average molecular weight is 249 g/mol. The Bertz CT molecular complexity index is 525. The Balaban J connectivity index is 2.04. The molecular weight excluding hydrogens is 234 g/mol. The molecule has 0 aliphatic rings. The molecule has 96 valence electrons. The van der Waals surface area contributed by atoms with Crippen LogP contribution in [0.15, 0.2) is 12.4 Å². The Morgan fingerprint density at radius 3 is 2.89 bits per heavy atom. The van der Waals surface area contributed by atoms with Crippen molar-refractivity contribution in [2.45, 2.75) is 13.2 Å². The number of nitrogen functional groups attached to an aromatic ring is 1. The number of methoxy groups -OCH3 is 1. The Hall–Kier alpha value is -2.22. The number of nitrogens with two attached hydrogens (primary N) is 1. The molecule has 0 aliphatic heterocycles. The zero-order valence-electron chi connectivity index (χ0n) is 10.3. The van der Waals surface area contributed by atoms with Crippen molar-refractivity contribution < 1.29 is 4.74 Å². The molecular formula is C10H15N7O. The van der Waals surface area contributed by atoms with Gasteiger partial charge in [0, 0.05) is 20.2 Å². The van der Waals surface area contributed by atoms with Gasteiger partial charge in [-0.15, -0.1) is 0 Å². The first-order chi connectivity index (χ1) is 8.67. The van der Waals surface area contributed by atoms with Gasteiger partial charge in [-0.1, -0.05) is 0 Å².